The Morgan fingerprint density at radius 1 is 1.05 bits per heavy atom. The second-order valence-corrected chi connectivity index (χ2v) is 5.34. The van der Waals surface area contributed by atoms with Gasteiger partial charge in [-0.2, -0.15) is 4.99 Å². The molecule has 0 atom stereocenters. The Kier molecular flexibility index (Phi) is 4.54. The minimum atomic E-state index is 0.474. The van der Waals surface area contributed by atoms with Crippen LogP contribution in [0.3, 0.4) is 0 Å². The standard InChI is InChI=1S/C17H22N2O3/c1-9-8-14(20-6)10(2)11(3)15(9)17(21-7)18-16-12(4)13(5)19-22-16/h8H,1-7H3. The van der Waals surface area contributed by atoms with Crippen molar-refractivity contribution in [1.82, 2.24) is 5.16 Å². The summed E-state index contributed by atoms with van der Waals surface area (Å²) in [5, 5.41) is 3.93. The van der Waals surface area contributed by atoms with Crippen LogP contribution in [0.25, 0.3) is 0 Å². The Balaban J connectivity index is 2.62. The number of rotatable bonds is 3. The van der Waals surface area contributed by atoms with Gasteiger partial charge in [-0.05, 0) is 57.4 Å². The van der Waals surface area contributed by atoms with Crippen LogP contribution in [-0.2, 0) is 4.74 Å². The van der Waals surface area contributed by atoms with Crippen molar-refractivity contribution in [1.29, 1.82) is 0 Å². The maximum atomic E-state index is 5.52. The molecule has 0 N–H and O–H groups in total. The van der Waals surface area contributed by atoms with Crippen molar-refractivity contribution in [3.8, 4) is 5.75 Å². The van der Waals surface area contributed by atoms with Gasteiger partial charge in [0.15, 0.2) is 0 Å². The van der Waals surface area contributed by atoms with Crippen LogP contribution in [0.1, 0.15) is 33.5 Å². The Labute approximate surface area is 130 Å². The third kappa shape index (κ3) is 2.71. The van der Waals surface area contributed by atoms with Gasteiger partial charge >= 0.3 is 0 Å². The molecule has 2 aromatic rings. The number of hydrogen-bond donors (Lipinski definition) is 0. The van der Waals surface area contributed by atoms with Crippen molar-refractivity contribution in [3.63, 3.8) is 0 Å². The van der Waals surface area contributed by atoms with E-state index in [1.807, 2.05) is 40.7 Å². The zero-order valence-corrected chi connectivity index (χ0v) is 14.2. The van der Waals surface area contributed by atoms with Crippen LogP contribution in [0.5, 0.6) is 5.75 Å². The predicted molar refractivity (Wildman–Crippen MR) is 86.4 cm³/mol. The second kappa shape index (κ2) is 6.22. The summed E-state index contributed by atoms with van der Waals surface area (Å²) >= 11 is 0. The largest absolute Gasteiger partial charge is 0.496 e. The highest BCUT2D eigenvalue weighted by Gasteiger charge is 2.18. The van der Waals surface area contributed by atoms with Crippen molar-refractivity contribution in [3.05, 3.63) is 39.6 Å². The average molecular weight is 302 g/mol. The highest BCUT2D eigenvalue weighted by atomic mass is 16.5. The molecular weight excluding hydrogens is 280 g/mol. The molecule has 0 aliphatic rings. The Morgan fingerprint density at radius 3 is 2.23 bits per heavy atom. The fourth-order valence-corrected chi connectivity index (χ4v) is 2.39. The minimum absolute atomic E-state index is 0.474. The molecule has 0 radical (unpaired) electrons. The molecule has 118 valence electrons. The van der Waals surface area contributed by atoms with E-state index in [2.05, 4.69) is 10.1 Å². The first-order valence-corrected chi connectivity index (χ1v) is 7.11. The van der Waals surface area contributed by atoms with Crippen molar-refractivity contribution < 1.29 is 14.0 Å². The molecule has 22 heavy (non-hydrogen) atoms. The highest BCUT2D eigenvalue weighted by Crippen LogP contribution is 2.30. The molecule has 0 spiro atoms. The van der Waals surface area contributed by atoms with Crippen LogP contribution in [-0.4, -0.2) is 25.3 Å². The van der Waals surface area contributed by atoms with Gasteiger partial charge < -0.3 is 14.0 Å². The Bertz CT molecular complexity index is 730. The summed E-state index contributed by atoms with van der Waals surface area (Å²) in [6, 6.07) is 1.99. The van der Waals surface area contributed by atoms with Gasteiger partial charge in [-0.25, -0.2) is 0 Å². The maximum absolute atomic E-state index is 5.52. The van der Waals surface area contributed by atoms with E-state index in [1.54, 1.807) is 14.2 Å². The van der Waals surface area contributed by atoms with E-state index in [1.165, 1.54) is 0 Å². The summed E-state index contributed by atoms with van der Waals surface area (Å²) in [6.45, 7) is 9.88. The number of nitrogens with zero attached hydrogens (tertiary/aromatic N) is 2. The van der Waals surface area contributed by atoms with E-state index in [9.17, 15) is 0 Å². The van der Waals surface area contributed by atoms with Gasteiger partial charge in [0.2, 0.25) is 5.90 Å². The second-order valence-electron chi connectivity index (χ2n) is 5.34. The fraction of sp³-hybridized carbons (Fsp3) is 0.412. The third-order valence-corrected chi connectivity index (χ3v) is 4.01. The molecule has 1 aromatic heterocycles. The van der Waals surface area contributed by atoms with E-state index < -0.39 is 0 Å². The highest BCUT2D eigenvalue weighted by molar-refractivity contribution is 5.99. The summed E-state index contributed by atoms with van der Waals surface area (Å²) in [5.74, 6) is 1.85. The molecule has 0 amide bonds. The van der Waals surface area contributed by atoms with E-state index in [0.29, 0.717) is 11.8 Å². The topological polar surface area (TPSA) is 56.9 Å². The molecule has 1 heterocycles. The molecule has 5 heteroatoms. The molecule has 0 bridgehead atoms. The molecule has 0 aliphatic heterocycles. The number of hydrogen-bond acceptors (Lipinski definition) is 5. The molecule has 0 saturated heterocycles. The molecule has 0 saturated carbocycles. The third-order valence-electron chi connectivity index (χ3n) is 4.01. The number of aryl methyl sites for hydroxylation is 2. The lowest BCUT2D eigenvalue weighted by Gasteiger charge is -2.16. The van der Waals surface area contributed by atoms with E-state index in [4.69, 9.17) is 14.0 Å². The van der Waals surface area contributed by atoms with Crippen molar-refractivity contribution in [2.24, 2.45) is 4.99 Å². The number of methoxy groups -OCH3 is 2. The molecule has 0 fully saturated rings. The molecular formula is C17H22N2O3. The zero-order valence-electron chi connectivity index (χ0n) is 14.2. The fourth-order valence-electron chi connectivity index (χ4n) is 2.39. The van der Waals surface area contributed by atoms with Gasteiger partial charge in [0, 0.05) is 11.1 Å². The van der Waals surface area contributed by atoms with Gasteiger partial charge in [0.25, 0.3) is 5.88 Å². The van der Waals surface area contributed by atoms with Crippen LogP contribution in [0.2, 0.25) is 0 Å². The number of ether oxygens (including phenoxy) is 2. The van der Waals surface area contributed by atoms with Gasteiger partial charge in [-0.3, -0.25) is 0 Å². The number of aliphatic imine (C=N–C) groups is 1. The normalized spacial score (nSPS) is 11.7. The van der Waals surface area contributed by atoms with Crippen molar-refractivity contribution in [2.45, 2.75) is 34.6 Å². The van der Waals surface area contributed by atoms with E-state index in [-0.39, 0.29) is 0 Å². The number of benzene rings is 1. The van der Waals surface area contributed by atoms with Gasteiger partial charge in [-0.1, -0.05) is 5.16 Å². The van der Waals surface area contributed by atoms with E-state index >= 15 is 0 Å². The first-order chi connectivity index (χ1) is 10.4. The summed E-state index contributed by atoms with van der Waals surface area (Å²) in [5.41, 5.74) is 5.87. The first kappa shape index (κ1) is 16.1. The quantitative estimate of drug-likeness (QED) is 0.636. The van der Waals surface area contributed by atoms with Crippen LogP contribution < -0.4 is 4.74 Å². The van der Waals surface area contributed by atoms with Crippen LogP contribution in [0, 0.1) is 34.6 Å². The SMILES string of the molecule is COC(=Nc1onc(C)c1C)c1c(C)cc(OC)c(C)c1C. The summed E-state index contributed by atoms with van der Waals surface area (Å²) < 4.78 is 16.2. The molecule has 0 aliphatic carbocycles. The van der Waals surface area contributed by atoms with Gasteiger partial charge in [0.05, 0.1) is 19.9 Å². The van der Waals surface area contributed by atoms with Gasteiger partial charge in [-0.15, -0.1) is 0 Å². The molecule has 5 nitrogen and oxygen atoms in total. The van der Waals surface area contributed by atoms with E-state index in [0.717, 1.165) is 39.3 Å². The first-order valence-electron chi connectivity index (χ1n) is 7.11. The van der Waals surface area contributed by atoms with Crippen LogP contribution in [0.4, 0.5) is 5.88 Å². The maximum Gasteiger partial charge on any atom is 0.256 e. The summed E-state index contributed by atoms with van der Waals surface area (Å²) in [7, 11) is 3.28. The predicted octanol–water partition coefficient (Wildman–Crippen LogP) is 3.95. The average Bonchev–Trinajstić information content (AvgIpc) is 2.81. The van der Waals surface area contributed by atoms with Crippen LogP contribution >= 0.6 is 0 Å². The Hall–Kier alpha value is -2.30. The zero-order chi connectivity index (χ0) is 16.4. The molecule has 0 unspecified atom stereocenters. The van der Waals surface area contributed by atoms with Gasteiger partial charge in [0.1, 0.15) is 5.75 Å². The minimum Gasteiger partial charge on any atom is -0.496 e. The monoisotopic (exact) mass is 302 g/mol. The lowest BCUT2D eigenvalue weighted by atomic mass is 9.97. The summed E-state index contributed by atoms with van der Waals surface area (Å²) in [6.07, 6.45) is 0. The Morgan fingerprint density at radius 2 is 1.73 bits per heavy atom. The number of aromatic nitrogens is 1. The molecule has 1 aromatic carbocycles. The smallest absolute Gasteiger partial charge is 0.256 e. The molecule has 2 rings (SSSR count). The van der Waals surface area contributed by atoms with Crippen molar-refractivity contribution >= 4 is 11.8 Å². The lowest BCUT2D eigenvalue weighted by molar-refractivity contribution is 0.394. The van der Waals surface area contributed by atoms with Crippen molar-refractivity contribution in [2.75, 3.05) is 14.2 Å². The van der Waals surface area contributed by atoms with Crippen LogP contribution in [0.15, 0.2) is 15.6 Å². The summed E-state index contributed by atoms with van der Waals surface area (Å²) in [4.78, 5) is 4.51. The lowest BCUT2D eigenvalue weighted by Crippen LogP contribution is -2.10.